The van der Waals surface area contributed by atoms with Gasteiger partial charge in [-0.15, -0.1) is 0 Å². The molecule has 0 aliphatic rings. The minimum atomic E-state index is -1.33. The lowest BCUT2D eigenvalue weighted by Gasteiger charge is -2.14. The van der Waals surface area contributed by atoms with E-state index in [1.807, 2.05) is 22.6 Å². The Kier molecular flexibility index (Phi) is 9.33. The number of nitrogens with one attached hydrogen (secondary N) is 3. The Morgan fingerprint density at radius 1 is 1.03 bits per heavy atom. The van der Waals surface area contributed by atoms with E-state index in [0.29, 0.717) is 22.8 Å². The van der Waals surface area contributed by atoms with Crippen molar-refractivity contribution in [3.63, 3.8) is 0 Å². The van der Waals surface area contributed by atoms with E-state index >= 15 is 0 Å². The highest BCUT2D eigenvalue weighted by atomic mass is 127. The Bertz CT molecular complexity index is 915. The third-order valence-corrected chi connectivity index (χ3v) is 4.64. The van der Waals surface area contributed by atoms with Crippen LogP contribution in [0.1, 0.15) is 36.0 Å². The molecule has 0 aliphatic carbocycles. The molecule has 0 aliphatic heterocycles. The lowest BCUT2D eigenvalue weighted by Crippen LogP contribution is -2.25. The maximum absolute atomic E-state index is 14.3. The summed E-state index contributed by atoms with van der Waals surface area (Å²) in [5, 5.41) is 10.8. The maximum Gasteiger partial charge on any atom is 0.277 e. The number of hydrogen-bond acceptors (Lipinski definition) is 5. The van der Waals surface area contributed by atoms with Crippen molar-refractivity contribution in [3.8, 4) is 0 Å². The van der Waals surface area contributed by atoms with E-state index in [2.05, 4.69) is 10.8 Å². The first kappa shape index (κ1) is 23.9. The molecule has 4 N–H and O–H groups in total. The van der Waals surface area contributed by atoms with Crippen LogP contribution in [0.5, 0.6) is 0 Å². The van der Waals surface area contributed by atoms with E-state index in [9.17, 15) is 22.8 Å². The highest BCUT2D eigenvalue weighted by Crippen LogP contribution is 2.28. The molecule has 30 heavy (non-hydrogen) atoms. The second-order valence-corrected chi connectivity index (χ2v) is 7.40. The van der Waals surface area contributed by atoms with Gasteiger partial charge >= 0.3 is 0 Å². The van der Waals surface area contributed by atoms with Crippen LogP contribution in [0.25, 0.3) is 0 Å². The number of amides is 2. The van der Waals surface area contributed by atoms with E-state index in [-0.39, 0.29) is 24.3 Å². The molecule has 2 rings (SSSR count). The molecule has 2 aromatic carbocycles. The monoisotopic (exact) mass is 537 g/mol. The van der Waals surface area contributed by atoms with Gasteiger partial charge < -0.3 is 5.32 Å². The number of rotatable bonds is 10. The van der Waals surface area contributed by atoms with Crippen LogP contribution in [-0.4, -0.2) is 23.6 Å². The second-order valence-electron chi connectivity index (χ2n) is 6.16. The third-order valence-electron chi connectivity index (χ3n) is 3.97. The Morgan fingerprint density at radius 2 is 1.80 bits per heavy atom. The summed E-state index contributed by atoms with van der Waals surface area (Å²) in [7, 11) is 0. The molecular formula is C19H19F3IN3O4. The van der Waals surface area contributed by atoms with Crippen molar-refractivity contribution in [3.05, 3.63) is 56.9 Å². The fraction of sp³-hybridized carbons (Fsp3) is 0.263. The van der Waals surface area contributed by atoms with Crippen molar-refractivity contribution in [1.29, 1.82) is 0 Å². The Labute approximate surface area is 184 Å². The number of hydroxylamine groups is 2. The Morgan fingerprint density at radius 3 is 2.50 bits per heavy atom. The smallest absolute Gasteiger partial charge is 0.277 e. The first-order chi connectivity index (χ1) is 14.3. The number of benzene rings is 2. The van der Waals surface area contributed by atoms with Crippen LogP contribution < -0.4 is 16.3 Å². The largest absolute Gasteiger partial charge is 0.350 e. The topological polar surface area (TPSA) is 99.7 Å². The summed E-state index contributed by atoms with van der Waals surface area (Å²) in [6.45, 7) is 0.116. The summed E-state index contributed by atoms with van der Waals surface area (Å²) in [6, 6.07) is 5.95. The van der Waals surface area contributed by atoms with Gasteiger partial charge in [0.2, 0.25) is 5.91 Å². The number of hydrogen-bond donors (Lipinski definition) is 4. The molecule has 7 nitrogen and oxygen atoms in total. The van der Waals surface area contributed by atoms with Crippen molar-refractivity contribution in [2.24, 2.45) is 0 Å². The van der Waals surface area contributed by atoms with E-state index in [1.54, 1.807) is 6.07 Å². The average molecular weight is 537 g/mol. The van der Waals surface area contributed by atoms with Crippen LogP contribution in [0.2, 0.25) is 0 Å². The van der Waals surface area contributed by atoms with Gasteiger partial charge in [0, 0.05) is 9.99 Å². The zero-order chi connectivity index (χ0) is 22.1. The first-order valence-electron chi connectivity index (χ1n) is 8.88. The van der Waals surface area contributed by atoms with E-state index < -0.39 is 35.0 Å². The van der Waals surface area contributed by atoms with Crippen LogP contribution in [-0.2, 0) is 9.63 Å². The summed E-state index contributed by atoms with van der Waals surface area (Å²) < 4.78 is 42.7. The normalized spacial score (nSPS) is 10.6. The van der Waals surface area contributed by atoms with Crippen LogP contribution in [0.3, 0.4) is 0 Å². The molecule has 2 amide bonds. The van der Waals surface area contributed by atoms with Crippen molar-refractivity contribution in [2.75, 3.05) is 11.9 Å². The number of anilines is 2. The molecule has 2 aromatic rings. The van der Waals surface area contributed by atoms with Crippen LogP contribution >= 0.6 is 22.6 Å². The second kappa shape index (κ2) is 11.7. The van der Waals surface area contributed by atoms with Crippen LogP contribution in [0.15, 0.2) is 30.3 Å². The van der Waals surface area contributed by atoms with Gasteiger partial charge in [0.1, 0.15) is 5.82 Å². The van der Waals surface area contributed by atoms with Gasteiger partial charge in [0.05, 0.1) is 23.5 Å². The molecule has 0 spiro atoms. The van der Waals surface area contributed by atoms with Crippen molar-refractivity contribution in [1.82, 2.24) is 11.0 Å². The molecule has 0 fully saturated rings. The van der Waals surface area contributed by atoms with Crippen molar-refractivity contribution in [2.45, 2.75) is 25.7 Å². The summed E-state index contributed by atoms with van der Waals surface area (Å²) in [6.07, 6.45) is 1.79. The molecule has 0 bridgehead atoms. The highest BCUT2D eigenvalue weighted by Gasteiger charge is 2.20. The zero-order valence-electron chi connectivity index (χ0n) is 15.6. The highest BCUT2D eigenvalue weighted by molar-refractivity contribution is 14.1. The predicted octanol–water partition coefficient (Wildman–Crippen LogP) is 4.18. The minimum Gasteiger partial charge on any atom is -0.350 e. The number of halogens is 4. The predicted molar refractivity (Wildman–Crippen MR) is 111 cm³/mol. The molecule has 0 aromatic heterocycles. The van der Waals surface area contributed by atoms with Crippen LogP contribution in [0.4, 0.5) is 24.5 Å². The van der Waals surface area contributed by atoms with Crippen molar-refractivity contribution >= 4 is 45.8 Å². The molecule has 0 radical (unpaired) electrons. The average Bonchev–Trinajstić information content (AvgIpc) is 2.72. The van der Waals surface area contributed by atoms with Gasteiger partial charge in [-0.25, -0.2) is 24.1 Å². The van der Waals surface area contributed by atoms with Crippen LogP contribution in [0, 0.1) is 21.0 Å². The Hall–Kier alpha value is -2.38. The Balaban J connectivity index is 1.98. The van der Waals surface area contributed by atoms with Crippen molar-refractivity contribution < 1.29 is 32.8 Å². The summed E-state index contributed by atoms with van der Waals surface area (Å²) >= 11 is 1.90. The molecule has 0 saturated heterocycles. The van der Waals surface area contributed by atoms with Gasteiger partial charge in [-0.2, -0.15) is 0 Å². The number of carbonyl (C=O) groups excluding carboxylic acids is 2. The van der Waals surface area contributed by atoms with Gasteiger partial charge in [-0.05, 0) is 65.8 Å². The molecule has 0 unspecified atom stereocenters. The van der Waals surface area contributed by atoms with E-state index in [1.165, 1.54) is 17.6 Å². The lowest BCUT2D eigenvalue weighted by molar-refractivity contribution is -0.129. The molecule has 0 atom stereocenters. The number of carbonyl (C=O) groups is 2. The molecular weight excluding hydrogens is 518 g/mol. The zero-order valence-corrected chi connectivity index (χ0v) is 17.8. The van der Waals surface area contributed by atoms with Gasteiger partial charge in [0.25, 0.3) is 5.91 Å². The SMILES string of the molecule is O=C(CCCCCONC(=O)c1ccc(F)c(F)c1Nc1ccc(I)cc1F)NO. The lowest BCUT2D eigenvalue weighted by atomic mass is 10.1. The first-order valence-corrected chi connectivity index (χ1v) is 9.96. The molecule has 0 saturated carbocycles. The molecule has 162 valence electrons. The summed E-state index contributed by atoms with van der Waals surface area (Å²) in [5.41, 5.74) is 2.73. The fourth-order valence-electron chi connectivity index (χ4n) is 2.45. The standard InChI is InChI=1S/C19H19F3IN3O4/c20-13-7-6-12(19(28)26-30-9-3-1-2-4-16(27)25-29)18(17(13)22)24-15-8-5-11(23)10-14(15)21/h5-8,10,24,29H,1-4,9H2,(H,25,27)(H,26,28). The van der Waals surface area contributed by atoms with Gasteiger partial charge in [0.15, 0.2) is 11.6 Å². The molecule has 0 heterocycles. The van der Waals surface area contributed by atoms with E-state index in [0.717, 1.165) is 12.1 Å². The molecule has 11 heteroatoms. The minimum absolute atomic E-state index is 0.116. The quantitative estimate of drug-likeness (QED) is 0.158. The maximum atomic E-state index is 14.3. The fourth-order valence-corrected chi connectivity index (χ4v) is 2.90. The van der Waals surface area contributed by atoms with E-state index in [4.69, 9.17) is 10.0 Å². The van der Waals surface area contributed by atoms with Gasteiger partial charge in [-0.1, -0.05) is 6.42 Å². The summed E-state index contributed by atoms with van der Waals surface area (Å²) in [5.74, 6) is -4.56. The summed E-state index contributed by atoms with van der Waals surface area (Å²) in [4.78, 5) is 28.2. The third kappa shape index (κ3) is 6.85. The van der Waals surface area contributed by atoms with Gasteiger partial charge in [-0.3, -0.25) is 19.6 Å². The number of unbranched alkanes of at least 4 members (excludes halogenated alkanes) is 2.